The summed E-state index contributed by atoms with van der Waals surface area (Å²) in [6.45, 7) is 3.45. The maximum Gasteiger partial charge on any atom is 0.207 e. The molecule has 1 saturated carbocycles. The van der Waals surface area contributed by atoms with Crippen LogP contribution in [0.1, 0.15) is 58.7 Å². The highest BCUT2D eigenvalue weighted by Crippen LogP contribution is 2.48. The second-order valence-corrected chi connectivity index (χ2v) is 10.2. The van der Waals surface area contributed by atoms with Gasteiger partial charge in [-0.2, -0.15) is 5.10 Å². The number of anilines is 1. The molecule has 7 heteroatoms. The molecule has 0 N–H and O–H groups in total. The zero-order valence-electron chi connectivity index (χ0n) is 18.4. The molecule has 0 bridgehead atoms. The SMILES string of the molecule is CC(=O)c1sc(N2N=C3/C(=C/c4ccccc4Cl)CCC[C@H]3[C@H]2c2ccccc2Cl)nc1C. The molecule has 3 aromatic rings. The molecule has 0 saturated heterocycles. The molecule has 2 heterocycles. The number of carbonyl (C=O) groups is 1. The Morgan fingerprint density at radius 1 is 1.12 bits per heavy atom. The minimum atomic E-state index is -0.0750. The molecule has 1 fully saturated rings. The lowest BCUT2D eigenvalue weighted by Crippen LogP contribution is -2.28. The van der Waals surface area contributed by atoms with Crippen molar-refractivity contribution >= 4 is 57.2 Å². The Bertz CT molecular complexity index is 1300. The summed E-state index contributed by atoms with van der Waals surface area (Å²) in [6.07, 6.45) is 5.17. The van der Waals surface area contributed by atoms with Crippen molar-refractivity contribution in [1.82, 2.24) is 4.98 Å². The van der Waals surface area contributed by atoms with Crippen molar-refractivity contribution in [3.63, 3.8) is 0 Å². The Kier molecular flexibility index (Phi) is 6.12. The predicted octanol–water partition coefficient (Wildman–Crippen LogP) is 7.76. The van der Waals surface area contributed by atoms with Crippen LogP contribution in [-0.4, -0.2) is 16.5 Å². The molecule has 2 aliphatic rings. The number of hydrazone groups is 1. The van der Waals surface area contributed by atoms with Crippen LogP contribution in [0.3, 0.4) is 0 Å². The summed E-state index contributed by atoms with van der Waals surface area (Å²) >= 11 is 14.5. The summed E-state index contributed by atoms with van der Waals surface area (Å²) in [5, 5.41) is 9.27. The molecule has 5 rings (SSSR count). The largest absolute Gasteiger partial charge is 0.294 e. The van der Waals surface area contributed by atoms with Gasteiger partial charge in [0.2, 0.25) is 5.13 Å². The number of ketones is 1. The number of aromatic nitrogens is 1. The summed E-state index contributed by atoms with van der Waals surface area (Å²) in [5.74, 6) is 0.200. The van der Waals surface area contributed by atoms with Crippen LogP contribution < -0.4 is 5.01 Å². The second-order valence-electron chi connectivity index (χ2n) is 8.45. The van der Waals surface area contributed by atoms with Crippen LogP contribution in [0.15, 0.2) is 59.2 Å². The van der Waals surface area contributed by atoms with E-state index in [1.165, 1.54) is 16.9 Å². The molecule has 1 aliphatic heterocycles. The highest BCUT2D eigenvalue weighted by atomic mass is 35.5. The summed E-state index contributed by atoms with van der Waals surface area (Å²) in [5.41, 5.74) is 5.01. The van der Waals surface area contributed by atoms with Crippen LogP contribution in [0.2, 0.25) is 10.0 Å². The Labute approximate surface area is 207 Å². The average molecular weight is 496 g/mol. The molecule has 1 aliphatic carbocycles. The van der Waals surface area contributed by atoms with Crippen molar-refractivity contribution in [3.05, 3.63) is 85.8 Å². The van der Waals surface area contributed by atoms with E-state index in [4.69, 9.17) is 33.3 Å². The monoisotopic (exact) mass is 495 g/mol. The molecule has 0 spiro atoms. The van der Waals surface area contributed by atoms with Crippen molar-refractivity contribution in [2.45, 2.75) is 39.2 Å². The van der Waals surface area contributed by atoms with E-state index in [1.807, 2.05) is 54.4 Å². The Morgan fingerprint density at radius 2 is 1.85 bits per heavy atom. The van der Waals surface area contributed by atoms with Gasteiger partial charge in [-0.3, -0.25) is 4.79 Å². The number of aryl methyl sites for hydroxylation is 1. The van der Waals surface area contributed by atoms with Gasteiger partial charge in [-0.05, 0) is 61.1 Å². The van der Waals surface area contributed by atoms with Crippen LogP contribution in [0.25, 0.3) is 6.08 Å². The molecule has 168 valence electrons. The molecule has 0 amide bonds. The van der Waals surface area contributed by atoms with Gasteiger partial charge in [-0.15, -0.1) is 0 Å². The fraction of sp³-hybridized carbons (Fsp3) is 0.269. The third kappa shape index (κ3) is 4.14. The van der Waals surface area contributed by atoms with Gasteiger partial charge in [-0.1, -0.05) is 70.9 Å². The van der Waals surface area contributed by atoms with Gasteiger partial charge in [-0.25, -0.2) is 9.99 Å². The van der Waals surface area contributed by atoms with Crippen LogP contribution in [0.5, 0.6) is 0 Å². The fourth-order valence-corrected chi connectivity index (χ4v) is 6.16. The molecule has 0 unspecified atom stereocenters. The van der Waals surface area contributed by atoms with E-state index in [0.717, 1.165) is 51.9 Å². The fourth-order valence-electron chi connectivity index (χ4n) is 4.77. The third-order valence-corrected chi connectivity index (χ3v) is 8.20. The van der Waals surface area contributed by atoms with Gasteiger partial charge in [0.05, 0.1) is 22.3 Å². The molecule has 4 nitrogen and oxygen atoms in total. The number of benzene rings is 2. The van der Waals surface area contributed by atoms with Crippen molar-refractivity contribution in [2.75, 3.05) is 5.01 Å². The molecule has 0 radical (unpaired) electrons. The average Bonchev–Trinajstić information content (AvgIpc) is 3.37. The van der Waals surface area contributed by atoms with Crippen LogP contribution in [-0.2, 0) is 0 Å². The van der Waals surface area contributed by atoms with Crippen LogP contribution in [0, 0.1) is 12.8 Å². The highest BCUT2D eigenvalue weighted by Gasteiger charge is 2.43. The van der Waals surface area contributed by atoms with Gasteiger partial charge < -0.3 is 0 Å². The van der Waals surface area contributed by atoms with Crippen molar-refractivity contribution < 1.29 is 4.79 Å². The lowest BCUT2D eigenvalue weighted by atomic mass is 9.77. The predicted molar refractivity (Wildman–Crippen MR) is 138 cm³/mol. The quantitative estimate of drug-likeness (QED) is 0.347. The lowest BCUT2D eigenvalue weighted by molar-refractivity contribution is 0.102. The molecule has 2 aromatic carbocycles. The smallest absolute Gasteiger partial charge is 0.207 e. The molecular weight excluding hydrogens is 473 g/mol. The number of halogens is 2. The van der Waals surface area contributed by atoms with E-state index in [0.29, 0.717) is 9.90 Å². The van der Waals surface area contributed by atoms with Crippen molar-refractivity contribution in [1.29, 1.82) is 0 Å². The molecule has 33 heavy (non-hydrogen) atoms. The number of thiazole rings is 1. The Hall–Kier alpha value is -2.47. The van der Waals surface area contributed by atoms with E-state index in [-0.39, 0.29) is 17.7 Å². The van der Waals surface area contributed by atoms with Gasteiger partial charge in [0.1, 0.15) is 0 Å². The van der Waals surface area contributed by atoms with Gasteiger partial charge in [0.25, 0.3) is 0 Å². The molecular formula is C26H23Cl2N3OS. The molecule has 2 atom stereocenters. The highest BCUT2D eigenvalue weighted by molar-refractivity contribution is 7.17. The number of hydrogen-bond acceptors (Lipinski definition) is 5. The zero-order chi connectivity index (χ0) is 23.1. The minimum Gasteiger partial charge on any atom is -0.294 e. The first-order chi connectivity index (χ1) is 15.9. The normalized spacial score (nSPS) is 21.3. The number of fused-ring (bicyclic) bond motifs is 1. The number of hydrogen-bond donors (Lipinski definition) is 0. The standard InChI is InChI=1S/C26H23Cl2N3OS/c1-15-25(16(2)32)33-26(29-15)31-24(19-10-4-6-13-22(19)28)20-11-7-9-18(23(20)30-31)14-17-8-3-5-12-21(17)27/h3-6,8,10,12-14,20,24H,7,9,11H2,1-2H3/b18-14+/t20-,24-/m1/s1. The van der Waals surface area contributed by atoms with E-state index in [1.54, 1.807) is 6.92 Å². The Morgan fingerprint density at radius 3 is 2.55 bits per heavy atom. The molecule has 1 aromatic heterocycles. The summed E-state index contributed by atoms with van der Waals surface area (Å²) in [7, 11) is 0. The van der Waals surface area contributed by atoms with Gasteiger partial charge in [0, 0.05) is 22.9 Å². The topological polar surface area (TPSA) is 45.6 Å². The summed E-state index contributed by atoms with van der Waals surface area (Å²) in [6, 6.07) is 15.7. The van der Waals surface area contributed by atoms with E-state index < -0.39 is 0 Å². The number of Topliss-reactive ketones (excluding diaryl/α,β-unsaturated/α-hetero) is 1. The summed E-state index contributed by atoms with van der Waals surface area (Å²) in [4.78, 5) is 17.5. The number of allylic oxidation sites excluding steroid dienone is 1. The van der Waals surface area contributed by atoms with Crippen molar-refractivity contribution in [2.24, 2.45) is 11.0 Å². The van der Waals surface area contributed by atoms with Crippen molar-refractivity contribution in [3.8, 4) is 0 Å². The number of nitrogens with zero attached hydrogens (tertiary/aromatic N) is 3. The van der Waals surface area contributed by atoms with E-state index in [9.17, 15) is 4.79 Å². The third-order valence-electron chi connectivity index (χ3n) is 6.26. The second kappa shape index (κ2) is 9.05. The zero-order valence-corrected chi connectivity index (χ0v) is 20.7. The van der Waals surface area contributed by atoms with Gasteiger partial charge in [0.15, 0.2) is 5.78 Å². The van der Waals surface area contributed by atoms with Crippen LogP contribution in [0.4, 0.5) is 5.13 Å². The maximum absolute atomic E-state index is 12.1. The first-order valence-corrected chi connectivity index (χ1v) is 12.6. The van der Waals surface area contributed by atoms with Crippen LogP contribution >= 0.6 is 34.5 Å². The Balaban J connectivity index is 1.64. The van der Waals surface area contributed by atoms with Gasteiger partial charge >= 0.3 is 0 Å². The van der Waals surface area contributed by atoms with E-state index >= 15 is 0 Å². The lowest BCUT2D eigenvalue weighted by Gasteiger charge is -2.30. The first-order valence-electron chi connectivity index (χ1n) is 11.0. The first kappa shape index (κ1) is 22.3. The number of carbonyl (C=O) groups excluding carboxylic acids is 1. The minimum absolute atomic E-state index is 0.0223. The maximum atomic E-state index is 12.1. The van der Waals surface area contributed by atoms with E-state index in [2.05, 4.69) is 12.1 Å². The summed E-state index contributed by atoms with van der Waals surface area (Å²) < 4.78 is 0. The number of rotatable bonds is 4.